The molecule has 0 aliphatic heterocycles. The van der Waals surface area contributed by atoms with Crippen LogP contribution in [0.25, 0.3) is 0 Å². The zero-order valence-corrected chi connectivity index (χ0v) is 12.6. The summed E-state index contributed by atoms with van der Waals surface area (Å²) in [4.78, 5) is 23.6. The molecule has 0 saturated heterocycles. The first-order valence-electron chi connectivity index (χ1n) is 7.64. The van der Waals surface area contributed by atoms with E-state index in [1.165, 1.54) is 6.42 Å². The highest BCUT2D eigenvalue weighted by molar-refractivity contribution is 5.81. The number of hydrogen-bond donors (Lipinski definition) is 1. The summed E-state index contributed by atoms with van der Waals surface area (Å²) in [6, 6.07) is 7.89. The molecule has 0 atom stereocenters. The Morgan fingerprint density at radius 1 is 1.19 bits per heavy atom. The summed E-state index contributed by atoms with van der Waals surface area (Å²) in [5.41, 5.74) is 2.21. The Morgan fingerprint density at radius 2 is 1.90 bits per heavy atom. The molecule has 0 aromatic heterocycles. The Morgan fingerprint density at radius 3 is 2.62 bits per heavy atom. The number of nitrogens with one attached hydrogen (secondary N) is 1. The zero-order valence-electron chi connectivity index (χ0n) is 12.6. The van der Waals surface area contributed by atoms with Gasteiger partial charge in [0.1, 0.15) is 0 Å². The molecule has 0 unspecified atom stereocenters. The predicted molar refractivity (Wildman–Crippen MR) is 80.6 cm³/mol. The molecule has 1 aromatic carbocycles. The monoisotopic (exact) mass is 289 g/mol. The molecular weight excluding hydrogens is 266 g/mol. The second-order valence-corrected chi connectivity index (χ2v) is 5.65. The average Bonchev–Trinajstić information content (AvgIpc) is 2.52. The van der Waals surface area contributed by atoms with Crippen molar-refractivity contribution in [1.29, 1.82) is 0 Å². The maximum Gasteiger partial charge on any atom is 0.309 e. The van der Waals surface area contributed by atoms with Crippen LogP contribution < -0.4 is 5.32 Å². The molecular formula is C17H23NO3. The topological polar surface area (TPSA) is 55.4 Å². The summed E-state index contributed by atoms with van der Waals surface area (Å²) in [5, 5.41) is 2.78. The lowest BCUT2D eigenvalue weighted by atomic mass is 9.89. The van der Waals surface area contributed by atoms with Crippen LogP contribution in [0.1, 0.15) is 43.2 Å². The van der Waals surface area contributed by atoms with E-state index >= 15 is 0 Å². The molecule has 1 saturated carbocycles. The van der Waals surface area contributed by atoms with Crippen LogP contribution >= 0.6 is 0 Å². The molecule has 0 radical (unpaired) electrons. The van der Waals surface area contributed by atoms with Crippen molar-refractivity contribution in [2.24, 2.45) is 5.92 Å². The second-order valence-electron chi connectivity index (χ2n) is 5.65. The molecule has 1 amide bonds. The fourth-order valence-electron chi connectivity index (χ4n) is 2.65. The van der Waals surface area contributed by atoms with Crippen molar-refractivity contribution in [2.75, 3.05) is 6.61 Å². The normalized spacial score (nSPS) is 15.5. The van der Waals surface area contributed by atoms with Gasteiger partial charge in [0, 0.05) is 6.54 Å². The van der Waals surface area contributed by atoms with Gasteiger partial charge in [0.05, 0.1) is 5.92 Å². The van der Waals surface area contributed by atoms with Crippen molar-refractivity contribution >= 4 is 11.9 Å². The Labute approximate surface area is 125 Å². The van der Waals surface area contributed by atoms with E-state index in [1.54, 1.807) is 0 Å². The van der Waals surface area contributed by atoms with Gasteiger partial charge in [0.15, 0.2) is 6.61 Å². The first-order chi connectivity index (χ1) is 10.2. The van der Waals surface area contributed by atoms with Gasteiger partial charge < -0.3 is 10.1 Å². The van der Waals surface area contributed by atoms with E-state index in [1.807, 2.05) is 31.2 Å². The maximum atomic E-state index is 11.8. The quantitative estimate of drug-likeness (QED) is 0.848. The Kier molecular flexibility index (Phi) is 5.78. The van der Waals surface area contributed by atoms with Gasteiger partial charge in [-0.3, -0.25) is 9.59 Å². The summed E-state index contributed by atoms with van der Waals surface area (Å²) < 4.78 is 5.11. The molecule has 0 heterocycles. The second kappa shape index (κ2) is 7.81. The molecule has 4 nitrogen and oxygen atoms in total. The van der Waals surface area contributed by atoms with E-state index in [9.17, 15) is 9.59 Å². The van der Waals surface area contributed by atoms with Gasteiger partial charge >= 0.3 is 5.97 Å². The number of hydrogen-bond acceptors (Lipinski definition) is 3. The molecule has 21 heavy (non-hydrogen) atoms. The van der Waals surface area contributed by atoms with E-state index in [-0.39, 0.29) is 24.4 Å². The Balaban J connectivity index is 1.70. The molecule has 0 spiro atoms. The largest absolute Gasteiger partial charge is 0.455 e. The standard InChI is InChI=1S/C17H23NO3/c1-13-7-5-6-10-15(13)11-18-16(19)12-21-17(20)14-8-3-2-4-9-14/h5-7,10,14H,2-4,8-9,11-12H2,1H3,(H,18,19). The van der Waals surface area contributed by atoms with Gasteiger partial charge in [-0.1, -0.05) is 43.5 Å². The van der Waals surface area contributed by atoms with Crippen molar-refractivity contribution in [3.05, 3.63) is 35.4 Å². The van der Waals surface area contributed by atoms with Crippen LogP contribution in [0, 0.1) is 12.8 Å². The smallest absolute Gasteiger partial charge is 0.309 e. The number of amides is 1. The van der Waals surface area contributed by atoms with E-state index in [4.69, 9.17) is 4.74 Å². The number of carbonyl (C=O) groups is 2. The van der Waals surface area contributed by atoms with Crippen LogP contribution in [-0.4, -0.2) is 18.5 Å². The predicted octanol–water partition coefficient (Wildman–Crippen LogP) is 2.73. The van der Waals surface area contributed by atoms with Gasteiger partial charge in [-0.2, -0.15) is 0 Å². The van der Waals surface area contributed by atoms with Crippen LogP contribution in [-0.2, 0) is 20.9 Å². The highest BCUT2D eigenvalue weighted by atomic mass is 16.5. The van der Waals surface area contributed by atoms with Crippen LogP contribution in [0.3, 0.4) is 0 Å². The molecule has 1 fully saturated rings. The molecule has 114 valence electrons. The Bertz CT molecular complexity index is 493. The number of benzene rings is 1. The van der Waals surface area contributed by atoms with Crippen molar-refractivity contribution in [1.82, 2.24) is 5.32 Å². The number of ether oxygens (including phenoxy) is 1. The van der Waals surface area contributed by atoms with Crippen LogP contribution in [0.15, 0.2) is 24.3 Å². The number of carbonyl (C=O) groups excluding carboxylic acids is 2. The van der Waals surface area contributed by atoms with Crippen molar-refractivity contribution in [3.63, 3.8) is 0 Å². The summed E-state index contributed by atoms with van der Waals surface area (Å²) in [5.74, 6) is -0.480. The molecule has 0 bridgehead atoms. The molecule has 1 aliphatic carbocycles. The molecule has 4 heteroatoms. The summed E-state index contributed by atoms with van der Waals surface area (Å²) >= 11 is 0. The van der Waals surface area contributed by atoms with Gasteiger partial charge in [-0.25, -0.2) is 0 Å². The minimum atomic E-state index is -0.248. The van der Waals surface area contributed by atoms with Crippen LogP contribution in [0.4, 0.5) is 0 Å². The van der Waals surface area contributed by atoms with E-state index in [2.05, 4.69) is 5.32 Å². The van der Waals surface area contributed by atoms with Gasteiger partial charge in [-0.05, 0) is 30.9 Å². The van der Waals surface area contributed by atoms with E-state index in [0.29, 0.717) is 6.54 Å². The highest BCUT2D eigenvalue weighted by Crippen LogP contribution is 2.24. The van der Waals surface area contributed by atoms with Crippen molar-refractivity contribution < 1.29 is 14.3 Å². The van der Waals surface area contributed by atoms with Gasteiger partial charge in [-0.15, -0.1) is 0 Å². The lowest BCUT2D eigenvalue weighted by Gasteiger charge is -2.19. The number of rotatable bonds is 5. The van der Waals surface area contributed by atoms with Gasteiger partial charge in [0.2, 0.25) is 0 Å². The average molecular weight is 289 g/mol. The lowest BCUT2D eigenvalue weighted by molar-refractivity contribution is -0.153. The van der Waals surface area contributed by atoms with E-state index in [0.717, 1.165) is 36.8 Å². The molecule has 1 aliphatic rings. The summed E-state index contributed by atoms with van der Waals surface area (Å²) in [6.07, 6.45) is 5.15. The zero-order chi connectivity index (χ0) is 15.1. The third-order valence-corrected chi connectivity index (χ3v) is 4.02. The molecule has 1 N–H and O–H groups in total. The number of esters is 1. The third kappa shape index (κ3) is 4.88. The fraction of sp³-hybridized carbons (Fsp3) is 0.529. The van der Waals surface area contributed by atoms with Crippen molar-refractivity contribution in [3.8, 4) is 0 Å². The maximum absolute atomic E-state index is 11.8. The Hall–Kier alpha value is -1.84. The SMILES string of the molecule is Cc1ccccc1CNC(=O)COC(=O)C1CCCCC1. The van der Waals surface area contributed by atoms with Gasteiger partial charge in [0.25, 0.3) is 5.91 Å². The summed E-state index contributed by atoms with van der Waals surface area (Å²) in [6.45, 7) is 2.29. The molecule has 1 aromatic rings. The van der Waals surface area contributed by atoms with E-state index < -0.39 is 0 Å². The summed E-state index contributed by atoms with van der Waals surface area (Å²) in [7, 11) is 0. The fourth-order valence-corrected chi connectivity index (χ4v) is 2.65. The third-order valence-electron chi connectivity index (χ3n) is 4.02. The van der Waals surface area contributed by atoms with Crippen LogP contribution in [0.5, 0.6) is 0 Å². The minimum Gasteiger partial charge on any atom is -0.455 e. The highest BCUT2D eigenvalue weighted by Gasteiger charge is 2.22. The lowest BCUT2D eigenvalue weighted by Crippen LogP contribution is -2.30. The first-order valence-corrected chi connectivity index (χ1v) is 7.64. The minimum absolute atomic E-state index is 0.0112. The first kappa shape index (κ1) is 15.5. The molecule has 2 rings (SSSR count). The number of aryl methyl sites for hydroxylation is 1. The van der Waals surface area contributed by atoms with Crippen LogP contribution in [0.2, 0.25) is 0 Å². The van der Waals surface area contributed by atoms with Crippen molar-refractivity contribution in [2.45, 2.75) is 45.6 Å².